The zero-order valence-corrected chi connectivity index (χ0v) is 8.54. The maximum absolute atomic E-state index is 11.4. The molecule has 15 heavy (non-hydrogen) atoms. The van der Waals surface area contributed by atoms with Crippen molar-refractivity contribution < 1.29 is 14.1 Å². The van der Waals surface area contributed by atoms with Gasteiger partial charge in [0.2, 0.25) is 0 Å². The number of hydrogen-bond acceptors (Lipinski definition) is 4. The predicted octanol–water partition coefficient (Wildman–Crippen LogP) is 1.41. The topological polar surface area (TPSA) is 72.3 Å². The van der Waals surface area contributed by atoms with E-state index < -0.39 is 11.6 Å². The van der Waals surface area contributed by atoms with Crippen LogP contribution in [0.1, 0.15) is 47.7 Å². The van der Waals surface area contributed by atoms with Gasteiger partial charge < -0.3 is 9.26 Å². The lowest BCUT2D eigenvalue weighted by atomic mass is 10.0. The first-order chi connectivity index (χ1) is 7.24. The highest BCUT2D eigenvalue weighted by Crippen LogP contribution is 2.34. The van der Waals surface area contributed by atoms with Crippen molar-refractivity contribution in [1.29, 1.82) is 0 Å². The molecule has 0 amide bonds. The molecule has 1 aliphatic carbocycles. The molecule has 1 aromatic heterocycles. The van der Waals surface area contributed by atoms with Crippen LogP contribution in [0.2, 0.25) is 0 Å². The van der Waals surface area contributed by atoms with Gasteiger partial charge in [0, 0.05) is 5.92 Å². The molecule has 0 spiro atoms. The van der Waals surface area contributed by atoms with Crippen LogP contribution in [0.15, 0.2) is 9.32 Å². The number of aromatic amines is 1. The summed E-state index contributed by atoms with van der Waals surface area (Å²) in [5, 5.41) is 2.54. The van der Waals surface area contributed by atoms with Crippen molar-refractivity contribution in [3.63, 3.8) is 0 Å². The number of aromatic nitrogens is 1. The highest BCUT2D eigenvalue weighted by Gasteiger charge is 2.28. The Balaban J connectivity index is 2.38. The lowest BCUT2D eigenvalue weighted by molar-refractivity contribution is 0.0596. The standard InChI is InChI=1S/C10H13NO4/c1-14-9(12)7-8(11-15-10(7)13)6-4-2-3-5-6/h6,11H,2-5H2,1H3. The molecule has 5 nitrogen and oxygen atoms in total. The second-order valence-electron chi connectivity index (χ2n) is 3.75. The van der Waals surface area contributed by atoms with E-state index in [4.69, 9.17) is 0 Å². The van der Waals surface area contributed by atoms with E-state index in [1.807, 2.05) is 0 Å². The lowest BCUT2D eigenvalue weighted by Gasteiger charge is -2.06. The summed E-state index contributed by atoms with van der Waals surface area (Å²) >= 11 is 0. The number of H-pyrrole nitrogens is 1. The molecule has 1 aromatic rings. The van der Waals surface area contributed by atoms with Crippen LogP contribution in [0, 0.1) is 0 Å². The molecular weight excluding hydrogens is 198 g/mol. The molecule has 1 fully saturated rings. The van der Waals surface area contributed by atoms with Crippen LogP contribution in [0.5, 0.6) is 0 Å². The lowest BCUT2D eigenvalue weighted by Crippen LogP contribution is -2.14. The molecule has 1 aliphatic rings. The fraction of sp³-hybridized carbons (Fsp3) is 0.600. The molecule has 82 valence electrons. The van der Waals surface area contributed by atoms with Crippen LogP contribution in [0.4, 0.5) is 0 Å². The summed E-state index contributed by atoms with van der Waals surface area (Å²) < 4.78 is 9.21. The van der Waals surface area contributed by atoms with Gasteiger partial charge in [-0.25, -0.2) is 14.7 Å². The van der Waals surface area contributed by atoms with Gasteiger partial charge in [0.15, 0.2) is 5.56 Å². The van der Waals surface area contributed by atoms with Crippen molar-refractivity contribution in [3.8, 4) is 0 Å². The van der Waals surface area contributed by atoms with Crippen LogP contribution in [0.25, 0.3) is 0 Å². The van der Waals surface area contributed by atoms with E-state index in [0.717, 1.165) is 25.7 Å². The van der Waals surface area contributed by atoms with Crippen LogP contribution in [0.3, 0.4) is 0 Å². The van der Waals surface area contributed by atoms with E-state index in [9.17, 15) is 9.59 Å². The predicted molar refractivity (Wildman–Crippen MR) is 51.9 cm³/mol. The maximum atomic E-state index is 11.4. The van der Waals surface area contributed by atoms with Gasteiger partial charge in [-0.3, -0.25) is 0 Å². The number of carbonyl (C=O) groups excluding carboxylic acids is 1. The largest absolute Gasteiger partial charge is 0.465 e. The Morgan fingerprint density at radius 3 is 2.73 bits per heavy atom. The average Bonchev–Trinajstić information content (AvgIpc) is 2.85. The molecule has 1 N–H and O–H groups in total. The first-order valence-corrected chi connectivity index (χ1v) is 5.03. The third kappa shape index (κ3) is 1.69. The van der Waals surface area contributed by atoms with E-state index in [-0.39, 0.29) is 11.5 Å². The average molecular weight is 211 g/mol. The van der Waals surface area contributed by atoms with Gasteiger partial charge in [-0.1, -0.05) is 12.8 Å². The minimum absolute atomic E-state index is 0.0319. The molecule has 0 radical (unpaired) electrons. The van der Waals surface area contributed by atoms with Crippen LogP contribution < -0.4 is 5.63 Å². The number of esters is 1. The Labute approximate surface area is 86.4 Å². The number of hydrogen-bond donors (Lipinski definition) is 1. The smallest absolute Gasteiger partial charge is 0.372 e. The fourth-order valence-electron chi connectivity index (χ4n) is 2.11. The molecule has 0 unspecified atom stereocenters. The van der Waals surface area contributed by atoms with Crippen molar-refractivity contribution in [1.82, 2.24) is 5.16 Å². The van der Waals surface area contributed by atoms with Gasteiger partial charge in [-0.05, 0) is 12.8 Å². The number of carbonyl (C=O) groups is 1. The highest BCUT2D eigenvalue weighted by atomic mass is 16.5. The van der Waals surface area contributed by atoms with Gasteiger partial charge >= 0.3 is 11.6 Å². The molecule has 0 saturated heterocycles. The number of nitrogens with one attached hydrogen (secondary N) is 1. The summed E-state index contributed by atoms with van der Waals surface area (Å²) in [6.07, 6.45) is 4.22. The Morgan fingerprint density at radius 2 is 2.13 bits per heavy atom. The van der Waals surface area contributed by atoms with E-state index in [2.05, 4.69) is 14.4 Å². The Bertz CT molecular complexity index is 411. The van der Waals surface area contributed by atoms with Gasteiger partial charge in [-0.2, -0.15) is 0 Å². The number of rotatable bonds is 2. The summed E-state index contributed by atoms with van der Waals surface area (Å²) in [5.74, 6) is -0.391. The number of methoxy groups -OCH3 is 1. The minimum Gasteiger partial charge on any atom is -0.465 e. The molecule has 0 bridgehead atoms. The van der Waals surface area contributed by atoms with Crippen LogP contribution in [-0.4, -0.2) is 18.2 Å². The summed E-state index contributed by atoms with van der Waals surface area (Å²) in [5.41, 5.74) is -0.00231. The van der Waals surface area contributed by atoms with Crippen LogP contribution >= 0.6 is 0 Å². The maximum Gasteiger partial charge on any atom is 0.372 e. The molecule has 1 heterocycles. The summed E-state index contributed by atoms with van der Waals surface area (Å²) in [6.45, 7) is 0. The summed E-state index contributed by atoms with van der Waals surface area (Å²) in [4.78, 5) is 22.7. The van der Waals surface area contributed by atoms with Gasteiger partial charge in [0.05, 0.1) is 12.8 Å². The van der Waals surface area contributed by atoms with Crippen molar-refractivity contribution in [2.24, 2.45) is 0 Å². The zero-order valence-electron chi connectivity index (χ0n) is 8.54. The quantitative estimate of drug-likeness (QED) is 0.751. The zero-order chi connectivity index (χ0) is 10.8. The summed E-state index contributed by atoms with van der Waals surface area (Å²) in [6, 6.07) is 0. The molecule has 0 atom stereocenters. The third-order valence-electron chi connectivity index (χ3n) is 2.88. The number of ether oxygens (including phenoxy) is 1. The molecule has 1 saturated carbocycles. The van der Waals surface area contributed by atoms with Crippen molar-refractivity contribution >= 4 is 5.97 Å². The summed E-state index contributed by atoms with van der Waals surface area (Å²) in [7, 11) is 1.26. The second-order valence-corrected chi connectivity index (χ2v) is 3.75. The van der Waals surface area contributed by atoms with Crippen molar-refractivity contribution in [2.45, 2.75) is 31.6 Å². The molecule has 0 aromatic carbocycles. The van der Waals surface area contributed by atoms with Crippen LogP contribution in [-0.2, 0) is 4.74 Å². The van der Waals surface area contributed by atoms with Crippen molar-refractivity contribution in [2.75, 3.05) is 7.11 Å². The first kappa shape index (κ1) is 10.0. The fourth-order valence-corrected chi connectivity index (χ4v) is 2.11. The highest BCUT2D eigenvalue weighted by molar-refractivity contribution is 5.90. The molecule has 0 aliphatic heterocycles. The molecule has 2 rings (SSSR count). The molecular formula is C10H13NO4. The van der Waals surface area contributed by atoms with Gasteiger partial charge in [0.1, 0.15) is 0 Å². The Hall–Kier alpha value is -1.52. The minimum atomic E-state index is -0.635. The van der Waals surface area contributed by atoms with E-state index in [1.165, 1.54) is 7.11 Å². The first-order valence-electron chi connectivity index (χ1n) is 5.03. The van der Waals surface area contributed by atoms with E-state index in [1.54, 1.807) is 0 Å². The Kier molecular flexibility index (Phi) is 2.62. The Morgan fingerprint density at radius 1 is 1.47 bits per heavy atom. The van der Waals surface area contributed by atoms with E-state index in [0.29, 0.717) is 5.69 Å². The van der Waals surface area contributed by atoms with Gasteiger partial charge in [-0.15, -0.1) is 0 Å². The second kappa shape index (κ2) is 3.92. The SMILES string of the molecule is COC(=O)c1c(C2CCCC2)[nH]oc1=O. The van der Waals surface area contributed by atoms with Gasteiger partial charge in [0.25, 0.3) is 0 Å². The monoisotopic (exact) mass is 211 g/mol. The molecule has 5 heteroatoms. The third-order valence-corrected chi connectivity index (χ3v) is 2.88. The normalized spacial score (nSPS) is 16.9. The van der Waals surface area contributed by atoms with Crippen molar-refractivity contribution in [3.05, 3.63) is 21.7 Å². The van der Waals surface area contributed by atoms with E-state index >= 15 is 0 Å².